The van der Waals surface area contributed by atoms with Crippen molar-refractivity contribution in [3.63, 3.8) is 0 Å². The minimum atomic E-state index is -0.238. The Kier molecular flexibility index (Phi) is 5.06. The Bertz CT molecular complexity index is 380. The Balaban J connectivity index is 2.56. The van der Waals surface area contributed by atoms with Gasteiger partial charge < -0.3 is 10.1 Å². The lowest BCUT2D eigenvalue weighted by molar-refractivity contribution is -0.121. The summed E-state index contributed by atoms with van der Waals surface area (Å²) in [6, 6.07) is 4.88. The van der Waals surface area contributed by atoms with E-state index in [1.165, 1.54) is 0 Å². The van der Waals surface area contributed by atoms with Crippen LogP contribution in [0.1, 0.15) is 13.8 Å². The van der Waals surface area contributed by atoms with Crippen molar-refractivity contribution in [2.75, 3.05) is 11.9 Å². The number of hydrogen-bond donors (Lipinski definition) is 1. The number of rotatable bonds is 4. The Labute approximate surface area is 105 Å². The molecule has 1 rings (SSSR count). The van der Waals surface area contributed by atoms with Crippen molar-refractivity contribution in [2.24, 2.45) is 0 Å². The van der Waals surface area contributed by atoms with Crippen LogP contribution in [0.2, 0.25) is 10.0 Å². The van der Waals surface area contributed by atoms with Gasteiger partial charge in [0.2, 0.25) is 5.91 Å². The van der Waals surface area contributed by atoms with Crippen molar-refractivity contribution in [2.45, 2.75) is 20.0 Å². The second kappa shape index (κ2) is 6.09. The van der Waals surface area contributed by atoms with Crippen molar-refractivity contribution in [3.05, 3.63) is 28.2 Å². The Morgan fingerprint density at radius 1 is 1.44 bits per heavy atom. The van der Waals surface area contributed by atoms with Crippen molar-refractivity contribution >= 4 is 34.8 Å². The van der Waals surface area contributed by atoms with E-state index in [2.05, 4.69) is 5.32 Å². The van der Waals surface area contributed by atoms with Crippen LogP contribution in [0.4, 0.5) is 5.69 Å². The van der Waals surface area contributed by atoms with Gasteiger partial charge in [-0.15, -0.1) is 0 Å². The molecule has 0 atom stereocenters. The predicted molar refractivity (Wildman–Crippen MR) is 66.2 cm³/mol. The van der Waals surface area contributed by atoms with E-state index in [0.717, 1.165) is 0 Å². The molecule has 0 unspecified atom stereocenters. The van der Waals surface area contributed by atoms with E-state index in [0.29, 0.717) is 15.7 Å². The van der Waals surface area contributed by atoms with Gasteiger partial charge >= 0.3 is 0 Å². The van der Waals surface area contributed by atoms with Gasteiger partial charge in [0.15, 0.2) is 0 Å². The molecule has 3 nitrogen and oxygen atoms in total. The van der Waals surface area contributed by atoms with E-state index in [1.54, 1.807) is 18.2 Å². The molecule has 1 amide bonds. The van der Waals surface area contributed by atoms with Crippen LogP contribution in [-0.2, 0) is 9.53 Å². The van der Waals surface area contributed by atoms with Crippen molar-refractivity contribution < 1.29 is 9.53 Å². The standard InChI is InChI=1S/C11H13Cl2NO2/c1-7(2)16-6-11(15)14-10-4-3-8(12)5-9(10)13/h3-5,7H,6H2,1-2H3,(H,14,15). The molecule has 0 aliphatic rings. The number of nitrogens with one attached hydrogen (secondary N) is 1. The van der Waals surface area contributed by atoms with E-state index >= 15 is 0 Å². The smallest absolute Gasteiger partial charge is 0.250 e. The predicted octanol–water partition coefficient (Wildman–Crippen LogP) is 3.36. The fraction of sp³-hybridized carbons (Fsp3) is 0.364. The molecule has 1 aromatic carbocycles. The number of halogens is 2. The average Bonchev–Trinajstić information content (AvgIpc) is 2.19. The first-order chi connectivity index (χ1) is 7.49. The van der Waals surface area contributed by atoms with Gasteiger partial charge in [0, 0.05) is 5.02 Å². The first kappa shape index (κ1) is 13.3. The minimum Gasteiger partial charge on any atom is -0.369 e. The molecule has 0 saturated carbocycles. The molecule has 0 bridgehead atoms. The molecule has 0 heterocycles. The van der Waals surface area contributed by atoms with Gasteiger partial charge in [-0.1, -0.05) is 23.2 Å². The summed E-state index contributed by atoms with van der Waals surface area (Å²) in [7, 11) is 0. The maximum atomic E-state index is 11.4. The van der Waals surface area contributed by atoms with Crippen LogP contribution in [0.5, 0.6) is 0 Å². The van der Waals surface area contributed by atoms with Gasteiger partial charge in [-0.25, -0.2) is 0 Å². The monoisotopic (exact) mass is 261 g/mol. The number of anilines is 1. The molecule has 0 aromatic heterocycles. The number of ether oxygens (including phenoxy) is 1. The largest absolute Gasteiger partial charge is 0.369 e. The Hall–Kier alpha value is -0.770. The summed E-state index contributed by atoms with van der Waals surface area (Å²) in [6.45, 7) is 3.74. The van der Waals surface area contributed by atoms with Crippen LogP contribution in [0.25, 0.3) is 0 Å². The third-order valence-corrected chi connectivity index (χ3v) is 2.30. The maximum Gasteiger partial charge on any atom is 0.250 e. The first-order valence-corrected chi connectivity index (χ1v) is 5.61. The molecule has 88 valence electrons. The number of carbonyl (C=O) groups excluding carboxylic acids is 1. The van der Waals surface area contributed by atoms with E-state index in [-0.39, 0.29) is 18.6 Å². The summed E-state index contributed by atoms with van der Waals surface area (Å²) in [4.78, 5) is 11.4. The molecule has 0 fully saturated rings. The fourth-order valence-electron chi connectivity index (χ4n) is 1.02. The molecule has 0 spiro atoms. The summed E-state index contributed by atoms with van der Waals surface area (Å²) >= 11 is 11.6. The molecular weight excluding hydrogens is 249 g/mol. The van der Waals surface area contributed by atoms with Gasteiger partial charge in [-0.2, -0.15) is 0 Å². The highest BCUT2D eigenvalue weighted by Gasteiger charge is 2.07. The van der Waals surface area contributed by atoms with Gasteiger partial charge in [-0.3, -0.25) is 4.79 Å². The normalized spacial score (nSPS) is 10.6. The zero-order chi connectivity index (χ0) is 12.1. The first-order valence-electron chi connectivity index (χ1n) is 4.85. The molecule has 1 aromatic rings. The highest BCUT2D eigenvalue weighted by Crippen LogP contribution is 2.25. The van der Waals surface area contributed by atoms with Gasteiger partial charge in [0.05, 0.1) is 16.8 Å². The van der Waals surface area contributed by atoms with E-state index < -0.39 is 0 Å². The Morgan fingerprint density at radius 2 is 2.12 bits per heavy atom. The third kappa shape index (κ3) is 4.39. The van der Waals surface area contributed by atoms with Crippen LogP contribution in [0.15, 0.2) is 18.2 Å². The number of amides is 1. The molecule has 16 heavy (non-hydrogen) atoms. The molecule has 5 heteroatoms. The molecule has 0 radical (unpaired) electrons. The number of hydrogen-bond acceptors (Lipinski definition) is 2. The molecule has 1 N–H and O–H groups in total. The second-order valence-corrected chi connectivity index (χ2v) is 4.38. The van der Waals surface area contributed by atoms with Crippen LogP contribution in [0.3, 0.4) is 0 Å². The molecule has 0 saturated heterocycles. The van der Waals surface area contributed by atoms with E-state index in [1.807, 2.05) is 13.8 Å². The summed E-state index contributed by atoms with van der Waals surface area (Å²) in [5.74, 6) is -0.238. The fourth-order valence-corrected chi connectivity index (χ4v) is 1.48. The second-order valence-electron chi connectivity index (χ2n) is 3.53. The topological polar surface area (TPSA) is 38.3 Å². The summed E-state index contributed by atoms with van der Waals surface area (Å²) in [6.07, 6.45) is 0.0199. The Morgan fingerprint density at radius 3 is 2.69 bits per heavy atom. The van der Waals surface area contributed by atoms with Crippen LogP contribution < -0.4 is 5.32 Å². The van der Waals surface area contributed by atoms with Gasteiger partial charge in [0.25, 0.3) is 0 Å². The molecule has 0 aliphatic heterocycles. The zero-order valence-corrected chi connectivity index (χ0v) is 10.6. The SMILES string of the molecule is CC(C)OCC(=O)Nc1ccc(Cl)cc1Cl. The highest BCUT2D eigenvalue weighted by molar-refractivity contribution is 6.36. The molecule has 0 aliphatic carbocycles. The summed E-state index contributed by atoms with van der Waals surface area (Å²) < 4.78 is 5.16. The lowest BCUT2D eigenvalue weighted by atomic mass is 10.3. The average molecular weight is 262 g/mol. The van der Waals surface area contributed by atoms with Crippen molar-refractivity contribution in [1.82, 2.24) is 0 Å². The summed E-state index contributed by atoms with van der Waals surface area (Å²) in [5, 5.41) is 3.58. The van der Waals surface area contributed by atoms with Crippen LogP contribution >= 0.6 is 23.2 Å². The summed E-state index contributed by atoms with van der Waals surface area (Å²) in [5.41, 5.74) is 0.531. The van der Waals surface area contributed by atoms with Gasteiger partial charge in [0.1, 0.15) is 6.61 Å². The lowest BCUT2D eigenvalue weighted by Gasteiger charge is -2.09. The van der Waals surface area contributed by atoms with E-state index in [9.17, 15) is 4.79 Å². The quantitative estimate of drug-likeness (QED) is 0.903. The molecular formula is C11H13Cl2NO2. The number of benzene rings is 1. The highest BCUT2D eigenvalue weighted by atomic mass is 35.5. The maximum absolute atomic E-state index is 11.4. The third-order valence-electron chi connectivity index (χ3n) is 1.75. The minimum absolute atomic E-state index is 0.0105. The van der Waals surface area contributed by atoms with Crippen LogP contribution in [0, 0.1) is 0 Å². The van der Waals surface area contributed by atoms with Crippen molar-refractivity contribution in [1.29, 1.82) is 0 Å². The van der Waals surface area contributed by atoms with Crippen molar-refractivity contribution in [3.8, 4) is 0 Å². The van der Waals surface area contributed by atoms with Crippen LogP contribution in [-0.4, -0.2) is 18.6 Å². The number of carbonyl (C=O) groups is 1. The van der Waals surface area contributed by atoms with E-state index in [4.69, 9.17) is 27.9 Å². The van der Waals surface area contributed by atoms with Gasteiger partial charge in [-0.05, 0) is 32.0 Å². The lowest BCUT2D eigenvalue weighted by Crippen LogP contribution is -2.20. The zero-order valence-electron chi connectivity index (χ0n) is 9.09.